The van der Waals surface area contributed by atoms with Gasteiger partial charge in [-0.3, -0.25) is 0 Å². The molecule has 0 spiro atoms. The number of benzene rings is 1. The van der Waals surface area contributed by atoms with Crippen molar-refractivity contribution in [2.75, 3.05) is 20.3 Å². The van der Waals surface area contributed by atoms with E-state index in [1.165, 1.54) is 7.11 Å². The molecule has 1 aromatic carbocycles. The van der Waals surface area contributed by atoms with Gasteiger partial charge < -0.3 is 19.0 Å². The molecule has 2 rings (SSSR count). The molecule has 0 bridgehead atoms. The highest BCUT2D eigenvalue weighted by Gasteiger charge is 2.24. The highest BCUT2D eigenvalue weighted by molar-refractivity contribution is 5.57. The van der Waals surface area contributed by atoms with E-state index in [1.807, 2.05) is 45.1 Å². The van der Waals surface area contributed by atoms with Gasteiger partial charge in [-0.05, 0) is 63.3 Å². The standard InChI is InChI=1S/C21H31NO4.C2H6/c1-5-6-11-24-20-13-16(2)21(17(3)14-20)26-19-9-7-8-18(15-19)25-12-10-22-23-4;1-2/h5-6,10,13-14,18-19H,7-9,11-12,15H2,1-4H3;1-2H3/b6-5+,22-10-;. The zero-order chi connectivity index (χ0) is 20.8. The molecule has 5 nitrogen and oxygen atoms in total. The summed E-state index contributed by atoms with van der Waals surface area (Å²) in [6, 6.07) is 4.09. The largest absolute Gasteiger partial charge is 0.490 e. The molecule has 2 atom stereocenters. The minimum Gasteiger partial charge on any atom is -0.490 e. The quantitative estimate of drug-likeness (QED) is 0.311. The molecule has 0 saturated heterocycles. The summed E-state index contributed by atoms with van der Waals surface area (Å²) in [5.74, 6) is 1.85. The predicted octanol–water partition coefficient (Wildman–Crippen LogP) is 5.62. The van der Waals surface area contributed by atoms with Gasteiger partial charge in [-0.25, -0.2) is 0 Å². The molecule has 0 amide bonds. The minimum absolute atomic E-state index is 0.181. The van der Waals surface area contributed by atoms with E-state index >= 15 is 0 Å². The summed E-state index contributed by atoms with van der Waals surface area (Å²) in [5, 5.41) is 3.70. The second-order valence-electron chi connectivity index (χ2n) is 6.60. The topological polar surface area (TPSA) is 49.3 Å². The van der Waals surface area contributed by atoms with Crippen molar-refractivity contribution in [2.45, 2.75) is 72.5 Å². The van der Waals surface area contributed by atoms with Crippen LogP contribution in [0.15, 0.2) is 29.4 Å². The van der Waals surface area contributed by atoms with Crippen LogP contribution in [0, 0.1) is 13.8 Å². The van der Waals surface area contributed by atoms with Gasteiger partial charge in [0.1, 0.15) is 31.3 Å². The van der Waals surface area contributed by atoms with Crippen molar-refractivity contribution in [2.24, 2.45) is 5.16 Å². The molecule has 0 heterocycles. The third-order valence-corrected chi connectivity index (χ3v) is 4.46. The highest BCUT2D eigenvalue weighted by atomic mass is 16.6. The van der Waals surface area contributed by atoms with Gasteiger partial charge in [0.05, 0.1) is 18.9 Å². The average Bonchev–Trinajstić information content (AvgIpc) is 2.70. The van der Waals surface area contributed by atoms with Gasteiger partial charge >= 0.3 is 0 Å². The first-order valence-corrected chi connectivity index (χ1v) is 10.3. The number of nitrogens with zero attached hydrogens (tertiary/aromatic N) is 1. The summed E-state index contributed by atoms with van der Waals surface area (Å²) >= 11 is 0. The Morgan fingerprint density at radius 1 is 1.07 bits per heavy atom. The Morgan fingerprint density at radius 3 is 2.39 bits per heavy atom. The van der Waals surface area contributed by atoms with Gasteiger partial charge in [0, 0.05) is 6.42 Å². The van der Waals surface area contributed by atoms with Crippen LogP contribution in [0.25, 0.3) is 0 Å². The smallest absolute Gasteiger partial charge is 0.125 e. The maximum absolute atomic E-state index is 6.35. The Labute approximate surface area is 170 Å². The first kappa shape index (κ1) is 24.0. The number of rotatable bonds is 9. The van der Waals surface area contributed by atoms with E-state index in [0.717, 1.165) is 48.3 Å². The van der Waals surface area contributed by atoms with Crippen LogP contribution in [0.3, 0.4) is 0 Å². The molecule has 0 aliphatic heterocycles. The van der Waals surface area contributed by atoms with Crippen LogP contribution in [-0.4, -0.2) is 38.7 Å². The molecule has 0 radical (unpaired) electrons. The summed E-state index contributed by atoms with van der Waals surface area (Å²) in [6.07, 6.45) is 10.2. The number of hydrogen-bond donors (Lipinski definition) is 0. The number of hydrogen-bond acceptors (Lipinski definition) is 5. The fraction of sp³-hybridized carbons (Fsp3) is 0.609. The molecule has 1 aliphatic rings. The van der Waals surface area contributed by atoms with Crippen molar-refractivity contribution in [3.05, 3.63) is 35.4 Å². The van der Waals surface area contributed by atoms with Crippen molar-refractivity contribution in [3.8, 4) is 11.5 Å². The minimum atomic E-state index is 0.181. The lowest BCUT2D eigenvalue weighted by molar-refractivity contribution is 0.00918. The van der Waals surface area contributed by atoms with E-state index < -0.39 is 0 Å². The van der Waals surface area contributed by atoms with E-state index in [1.54, 1.807) is 6.21 Å². The molecule has 1 fully saturated rings. The van der Waals surface area contributed by atoms with Crippen LogP contribution in [0.5, 0.6) is 11.5 Å². The van der Waals surface area contributed by atoms with Gasteiger partial charge in [0.2, 0.25) is 0 Å². The van der Waals surface area contributed by atoms with Crippen molar-refractivity contribution >= 4 is 6.21 Å². The van der Waals surface area contributed by atoms with Crippen molar-refractivity contribution in [1.82, 2.24) is 0 Å². The normalized spacial score (nSPS) is 19.4. The second-order valence-corrected chi connectivity index (χ2v) is 6.60. The van der Waals surface area contributed by atoms with E-state index in [4.69, 9.17) is 14.2 Å². The van der Waals surface area contributed by atoms with Gasteiger partial charge in [-0.1, -0.05) is 31.2 Å². The lowest BCUT2D eigenvalue weighted by Crippen LogP contribution is -2.31. The summed E-state index contributed by atoms with van der Waals surface area (Å²) < 4.78 is 17.9. The van der Waals surface area contributed by atoms with Crippen molar-refractivity contribution < 1.29 is 19.0 Å². The number of allylic oxidation sites excluding steroid dienone is 1. The molecule has 2 unspecified atom stereocenters. The molecular weight excluding hydrogens is 354 g/mol. The summed E-state index contributed by atoms with van der Waals surface area (Å²) in [4.78, 5) is 4.65. The summed E-state index contributed by atoms with van der Waals surface area (Å²) in [7, 11) is 1.53. The third kappa shape index (κ3) is 8.34. The van der Waals surface area contributed by atoms with Crippen LogP contribution < -0.4 is 9.47 Å². The molecular formula is C23H37NO4. The predicted molar refractivity (Wildman–Crippen MR) is 116 cm³/mol. The Kier molecular flexibility index (Phi) is 12.1. The fourth-order valence-corrected chi connectivity index (χ4v) is 3.23. The summed E-state index contributed by atoms with van der Waals surface area (Å²) in [5.41, 5.74) is 2.21. The molecule has 1 aromatic rings. The van der Waals surface area contributed by atoms with Gasteiger partial charge in [-0.2, -0.15) is 0 Å². The first-order valence-electron chi connectivity index (χ1n) is 10.3. The zero-order valence-corrected chi connectivity index (χ0v) is 18.4. The van der Waals surface area contributed by atoms with E-state index in [2.05, 4.69) is 23.8 Å². The lowest BCUT2D eigenvalue weighted by atomic mass is 9.94. The molecule has 1 aliphatic carbocycles. The van der Waals surface area contributed by atoms with E-state index in [9.17, 15) is 0 Å². The molecule has 5 heteroatoms. The zero-order valence-electron chi connectivity index (χ0n) is 18.4. The SMILES string of the molecule is C/C=C/COc1cc(C)c(OC2CCCC(OC/C=N\OC)C2)c(C)c1.CC. The summed E-state index contributed by atoms with van der Waals surface area (Å²) in [6.45, 7) is 11.2. The average molecular weight is 392 g/mol. The second kappa shape index (κ2) is 14.1. The maximum atomic E-state index is 6.35. The number of ether oxygens (including phenoxy) is 3. The van der Waals surface area contributed by atoms with Gasteiger partial charge in [-0.15, -0.1) is 0 Å². The Morgan fingerprint density at radius 2 is 1.75 bits per heavy atom. The molecule has 0 N–H and O–H groups in total. The molecule has 28 heavy (non-hydrogen) atoms. The van der Waals surface area contributed by atoms with Gasteiger partial charge in [0.25, 0.3) is 0 Å². The Balaban J connectivity index is 0.00000190. The third-order valence-electron chi connectivity index (χ3n) is 4.46. The maximum Gasteiger partial charge on any atom is 0.125 e. The van der Waals surface area contributed by atoms with Crippen LogP contribution in [0.2, 0.25) is 0 Å². The lowest BCUT2D eigenvalue weighted by Gasteiger charge is -2.30. The van der Waals surface area contributed by atoms with Crippen LogP contribution in [0.1, 0.15) is 57.6 Å². The molecule has 1 saturated carbocycles. The Bertz CT molecular complexity index is 590. The van der Waals surface area contributed by atoms with Gasteiger partial charge in [0.15, 0.2) is 0 Å². The number of aryl methyl sites for hydroxylation is 2. The van der Waals surface area contributed by atoms with Crippen LogP contribution in [0.4, 0.5) is 0 Å². The molecule has 0 aromatic heterocycles. The highest BCUT2D eigenvalue weighted by Crippen LogP contribution is 2.32. The van der Waals surface area contributed by atoms with Crippen LogP contribution in [-0.2, 0) is 9.57 Å². The molecule has 158 valence electrons. The fourth-order valence-electron chi connectivity index (χ4n) is 3.23. The van der Waals surface area contributed by atoms with E-state index in [-0.39, 0.29) is 12.2 Å². The van der Waals surface area contributed by atoms with Crippen LogP contribution >= 0.6 is 0 Å². The van der Waals surface area contributed by atoms with Crippen molar-refractivity contribution in [3.63, 3.8) is 0 Å². The van der Waals surface area contributed by atoms with E-state index in [0.29, 0.717) is 13.2 Å². The van der Waals surface area contributed by atoms with Crippen molar-refractivity contribution in [1.29, 1.82) is 0 Å². The Hall–Kier alpha value is -2.01. The monoisotopic (exact) mass is 391 g/mol. The number of oxime groups is 1. The first-order chi connectivity index (χ1) is 13.6.